The lowest BCUT2D eigenvalue weighted by Crippen LogP contribution is -2.30. The lowest BCUT2D eigenvalue weighted by Gasteiger charge is -2.38. The number of aromatic hydroxyl groups is 1. The zero-order valence-electron chi connectivity index (χ0n) is 19.4. The van der Waals surface area contributed by atoms with Crippen molar-refractivity contribution >= 4 is 5.97 Å². The van der Waals surface area contributed by atoms with Crippen LogP contribution in [0.25, 0.3) is 11.1 Å². The predicted molar refractivity (Wildman–Crippen MR) is 121 cm³/mol. The third kappa shape index (κ3) is 4.19. The maximum absolute atomic E-state index is 12.8. The van der Waals surface area contributed by atoms with Crippen LogP contribution in [0.5, 0.6) is 5.75 Å². The number of hydrogen-bond donors (Lipinski definition) is 2. The second kappa shape index (κ2) is 7.51. The van der Waals surface area contributed by atoms with Crippen LogP contribution in [0.4, 0.5) is 0 Å². The van der Waals surface area contributed by atoms with E-state index in [4.69, 9.17) is 0 Å². The Morgan fingerprint density at radius 1 is 0.828 bits per heavy atom. The van der Waals surface area contributed by atoms with Crippen molar-refractivity contribution in [1.29, 1.82) is 0 Å². The monoisotopic (exact) mass is 396 g/mol. The fraction of sp³-hybridized carbons (Fsp3) is 0.500. The molecule has 3 nitrogen and oxygen atoms in total. The maximum atomic E-state index is 12.8. The number of phenolic OH excluding ortho intramolecular Hbond substituents is 1. The zero-order chi connectivity index (χ0) is 22.4. The minimum Gasteiger partial charge on any atom is -0.507 e. The minimum absolute atomic E-state index is 0.227. The van der Waals surface area contributed by atoms with Gasteiger partial charge in [0.1, 0.15) is 5.75 Å². The summed E-state index contributed by atoms with van der Waals surface area (Å²) in [5, 5.41) is 22.1. The molecule has 2 N–H and O–H groups in total. The molecule has 2 aromatic rings. The summed E-state index contributed by atoms with van der Waals surface area (Å²) in [6, 6.07) is 9.59. The number of hydrogen-bond acceptors (Lipinski definition) is 2. The molecular weight excluding hydrogens is 360 g/mol. The summed E-state index contributed by atoms with van der Waals surface area (Å²) in [6.07, 6.45) is 0.763. The van der Waals surface area contributed by atoms with Gasteiger partial charge in [0, 0.05) is 16.7 Å². The molecule has 0 spiro atoms. The molecular formula is C26H36O3. The standard InChI is InChI=1S/C26H36O3/c1-10-26(8,9)19-18(23(28)29)17(16-14-12-11-13-15-16)20(24(2,3)4)22(27)21(19)25(5,6)7/h11-15,27H,10H2,1-9H3,(H,28,29). The lowest BCUT2D eigenvalue weighted by atomic mass is 9.66. The van der Waals surface area contributed by atoms with Gasteiger partial charge in [-0.25, -0.2) is 4.79 Å². The Morgan fingerprint density at radius 3 is 1.69 bits per heavy atom. The Labute approximate surface area is 175 Å². The molecule has 0 saturated carbocycles. The highest BCUT2D eigenvalue weighted by atomic mass is 16.4. The van der Waals surface area contributed by atoms with E-state index in [0.717, 1.165) is 23.1 Å². The van der Waals surface area contributed by atoms with E-state index < -0.39 is 22.2 Å². The number of phenols is 1. The van der Waals surface area contributed by atoms with Crippen LogP contribution in [-0.4, -0.2) is 16.2 Å². The van der Waals surface area contributed by atoms with Gasteiger partial charge in [-0.15, -0.1) is 0 Å². The first-order chi connectivity index (χ1) is 13.1. The molecule has 0 heterocycles. The predicted octanol–water partition coefficient (Wildman–Crippen LogP) is 7.04. The van der Waals surface area contributed by atoms with Gasteiger partial charge in [0.2, 0.25) is 0 Å². The van der Waals surface area contributed by atoms with Crippen LogP contribution >= 0.6 is 0 Å². The summed E-state index contributed by atoms with van der Waals surface area (Å²) in [6.45, 7) is 18.4. The van der Waals surface area contributed by atoms with Gasteiger partial charge in [-0.1, -0.05) is 92.6 Å². The molecule has 0 unspecified atom stereocenters. The quantitative estimate of drug-likeness (QED) is 0.582. The Morgan fingerprint density at radius 2 is 1.31 bits per heavy atom. The van der Waals surface area contributed by atoms with Gasteiger partial charge in [-0.05, 0) is 33.8 Å². The Balaban J connectivity index is 3.31. The Bertz CT molecular complexity index is 908. The van der Waals surface area contributed by atoms with Crippen LogP contribution in [0.1, 0.15) is 95.8 Å². The van der Waals surface area contributed by atoms with Crippen molar-refractivity contribution in [3.05, 3.63) is 52.6 Å². The van der Waals surface area contributed by atoms with Gasteiger partial charge in [0.25, 0.3) is 0 Å². The van der Waals surface area contributed by atoms with Crippen LogP contribution in [0.3, 0.4) is 0 Å². The number of carbonyl (C=O) groups is 1. The average molecular weight is 397 g/mol. The Kier molecular flexibility index (Phi) is 5.96. The van der Waals surface area contributed by atoms with Crippen molar-refractivity contribution in [3.8, 4) is 16.9 Å². The third-order valence-corrected chi connectivity index (χ3v) is 5.81. The molecule has 0 fully saturated rings. The van der Waals surface area contributed by atoms with E-state index in [0.29, 0.717) is 16.7 Å². The molecule has 3 heteroatoms. The van der Waals surface area contributed by atoms with E-state index in [2.05, 4.69) is 20.8 Å². The van der Waals surface area contributed by atoms with Gasteiger partial charge < -0.3 is 10.2 Å². The van der Waals surface area contributed by atoms with E-state index in [1.807, 2.05) is 71.9 Å². The maximum Gasteiger partial charge on any atom is 0.336 e. The SMILES string of the molecule is CCC(C)(C)c1c(C(=O)O)c(-c2ccccc2)c(C(C)(C)C)c(O)c1C(C)(C)C. The van der Waals surface area contributed by atoms with E-state index >= 15 is 0 Å². The largest absolute Gasteiger partial charge is 0.507 e. The van der Waals surface area contributed by atoms with Crippen LogP contribution in [0, 0.1) is 0 Å². The van der Waals surface area contributed by atoms with Gasteiger partial charge in [-0.2, -0.15) is 0 Å². The van der Waals surface area contributed by atoms with Gasteiger partial charge in [-0.3, -0.25) is 0 Å². The zero-order valence-corrected chi connectivity index (χ0v) is 19.4. The average Bonchev–Trinajstić information content (AvgIpc) is 2.58. The highest BCUT2D eigenvalue weighted by Crippen LogP contribution is 2.52. The number of aromatic carboxylic acids is 1. The summed E-state index contributed by atoms with van der Waals surface area (Å²) in [5.41, 5.74) is 2.69. The first-order valence-corrected chi connectivity index (χ1v) is 10.4. The van der Waals surface area contributed by atoms with Crippen LogP contribution in [-0.2, 0) is 16.2 Å². The first-order valence-electron chi connectivity index (χ1n) is 10.4. The fourth-order valence-corrected chi connectivity index (χ4v) is 4.16. The van der Waals surface area contributed by atoms with Crippen LogP contribution in [0.15, 0.2) is 30.3 Å². The van der Waals surface area contributed by atoms with Gasteiger partial charge in [0.15, 0.2) is 0 Å². The molecule has 2 aromatic carbocycles. The van der Waals surface area contributed by atoms with Crippen molar-refractivity contribution in [2.75, 3.05) is 0 Å². The van der Waals surface area contributed by atoms with E-state index in [1.54, 1.807) is 0 Å². The molecule has 0 atom stereocenters. The minimum atomic E-state index is -0.948. The van der Waals surface area contributed by atoms with Gasteiger partial charge in [0.05, 0.1) is 5.56 Å². The number of carboxylic acids is 1. The molecule has 0 saturated heterocycles. The number of carboxylic acid groups (broad SMARTS) is 1. The highest BCUT2D eigenvalue weighted by Gasteiger charge is 2.40. The number of rotatable bonds is 4. The summed E-state index contributed by atoms with van der Waals surface area (Å²) in [4.78, 5) is 12.8. The molecule has 0 aliphatic heterocycles. The van der Waals surface area contributed by atoms with Gasteiger partial charge >= 0.3 is 5.97 Å². The molecule has 158 valence electrons. The fourth-order valence-electron chi connectivity index (χ4n) is 4.16. The molecule has 29 heavy (non-hydrogen) atoms. The summed E-state index contributed by atoms with van der Waals surface area (Å²) < 4.78 is 0. The van der Waals surface area contributed by atoms with Crippen LogP contribution in [0.2, 0.25) is 0 Å². The van der Waals surface area contributed by atoms with E-state index in [9.17, 15) is 15.0 Å². The van der Waals surface area contributed by atoms with Crippen molar-refractivity contribution in [3.63, 3.8) is 0 Å². The second-order valence-corrected chi connectivity index (χ2v) is 10.6. The molecule has 0 aliphatic rings. The van der Waals surface area contributed by atoms with E-state index in [-0.39, 0.29) is 5.75 Å². The van der Waals surface area contributed by atoms with Crippen molar-refractivity contribution in [1.82, 2.24) is 0 Å². The summed E-state index contributed by atoms with van der Waals surface area (Å²) in [5.74, 6) is -0.721. The van der Waals surface area contributed by atoms with Crippen LogP contribution < -0.4 is 0 Å². The van der Waals surface area contributed by atoms with E-state index in [1.165, 1.54) is 0 Å². The second-order valence-electron chi connectivity index (χ2n) is 10.6. The lowest BCUT2D eigenvalue weighted by molar-refractivity contribution is 0.0694. The Hall–Kier alpha value is -2.29. The molecule has 0 aromatic heterocycles. The number of benzene rings is 2. The molecule has 2 rings (SSSR count). The normalized spacial score (nSPS) is 12.9. The topological polar surface area (TPSA) is 57.5 Å². The molecule has 0 aliphatic carbocycles. The van der Waals surface area contributed by atoms with Crippen molar-refractivity contribution < 1.29 is 15.0 Å². The van der Waals surface area contributed by atoms with Crippen molar-refractivity contribution in [2.24, 2.45) is 0 Å². The first kappa shape index (κ1) is 23.0. The summed E-state index contributed by atoms with van der Waals surface area (Å²) in [7, 11) is 0. The third-order valence-electron chi connectivity index (χ3n) is 5.81. The smallest absolute Gasteiger partial charge is 0.336 e. The summed E-state index contributed by atoms with van der Waals surface area (Å²) >= 11 is 0. The van der Waals surface area contributed by atoms with Crippen molar-refractivity contribution in [2.45, 2.75) is 85.0 Å². The molecule has 0 amide bonds. The highest BCUT2D eigenvalue weighted by molar-refractivity contribution is 6.01. The molecule has 0 bridgehead atoms. The molecule has 0 radical (unpaired) electrons.